The zero-order valence-electron chi connectivity index (χ0n) is 20.9. The van der Waals surface area contributed by atoms with Crippen molar-refractivity contribution in [3.05, 3.63) is 69.8 Å². The summed E-state index contributed by atoms with van der Waals surface area (Å²) < 4.78 is 38.6. The number of aryl methyl sites for hydroxylation is 2. The average molecular weight is 504 g/mol. The van der Waals surface area contributed by atoms with E-state index in [9.17, 15) is 9.59 Å². The number of furan rings is 1. The van der Waals surface area contributed by atoms with E-state index in [2.05, 4.69) is 0 Å². The van der Waals surface area contributed by atoms with Crippen LogP contribution in [-0.2, 0) is 0 Å². The smallest absolute Gasteiger partial charge is 0.343 e. The van der Waals surface area contributed by atoms with Crippen molar-refractivity contribution < 1.29 is 37.6 Å². The Bertz CT molecular complexity index is 1580. The molecule has 0 radical (unpaired) electrons. The molecule has 1 aromatic heterocycles. The van der Waals surface area contributed by atoms with Gasteiger partial charge in [0.25, 0.3) is 0 Å². The predicted octanol–water partition coefficient (Wildman–Crippen LogP) is 5.05. The molecule has 0 unspecified atom stereocenters. The maximum absolute atomic E-state index is 13.4. The van der Waals surface area contributed by atoms with E-state index in [-0.39, 0.29) is 23.5 Å². The van der Waals surface area contributed by atoms with Crippen LogP contribution in [0.25, 0.3) is 21.9 Å². The van der Waals surface area contributed by atoms with Crippen LogP contribution in [0.5, 0.6) is 34.5 Å². The lowest BCUT2D eigenvalue weighted by atomic mass is 10.1. The highest BCUT2D eigenvalue weighted by molar-refractivity contribution is 5.98. The van der Waals surface area contributed by atoms with E-state index in [1.54, 1.807) is 32.0 Å². The topological polar surface area (TPSA) is 103 Å². The van der Waals surface area contributed by atoms with Crippen LogP contribution >= 0.6 is 0 Å². The second-order valence-electron chi connectivity index (χ2n) is 8.31. The number of ether oxygens (including phenoxy) is 6. The molecule has 0 atom stereocenters. The Morgan fingerprint density at radius 1 is 0.757 bits per heavy atom. The summed E-state index contributed by atoms with van der Waals surface area (Å²) in [6, 6.07) is 11.5. The number of carbonyl (C=O) groups excluding carboxylic acids is 1. The van der Waals surface area contributed by atoms with E-state index in [1.165, 1.54) is 39.5 Å². The van der Waals surface area contributed by atoms with E-state index < -0.39 is 5.97 Å². The summed E-state index contributed by atoms with van der Waals surface area (Å²) in [5.41, 5.74) is 1.12. The quantitative estimate of drug-likeness (QED) is 0.334. The highest BCUT2D eigenvalue weighted by atomic mass is 16.7. The molecule has 190 valence electrons. The Labute approximate surface area is 212 Å². The maximum atomic E-state index is 13.4. The van der Waals surface area contributed by atoms with Gasteiger partial charge in [0.15, 0.2) is 28.4 Å². The molecule has 5 rings (SSSR count). The molecule has 0 amide bonds. The van der Waals surface area contributed by atoms with Crippen molar-refractivity contribution in [3.63, 3.8) is 0 Å². The minimum atomic E-state index is -0.686. The fraction of sp³-hybridized carbons (Fsp3) is 0.214. The zero-order chi connectivity index (χ0) is 26.3. The molecule has 9 heteroatoms. The number of hydrogen-bond donors (Lipinski definition) is 0. The standard InChI is InChI=1S/C28H24O9/c1-14-25-19(29)8-17(16-6-7-20-21(9-16)35-13-34-20)10-22(26(25)15(2)36-14)37-28(30)18-11-23(31-3)27(33-5)24(12-18)32-4/h6-12H,13H2,1-5H3. The summed E-state index contributed by atoms with van der Waals surface area (Å²) in [5.74, 6) is 2.48. The minimum absolute atomic E-state index is 0.125. The van der Waals surface area contributed by atoms with E-state index in [0.29, 0.717) is 62.2 Å². The fourth-order valence-corrected chi connectivity index (χ4v) is 4.43. The van der Waals surface area contributed by atoms with E-state index in [4.69, 9.17) is 32.8 Å². The molecule has 2 heterocycles. The van der Waals surface area contributed by atoms with Gasteiger partial charge in [0, 0.05) is 0 Å². The Morgan fingerprint density at radius 3 is 2.11 bits per heavy atom. The highest BCUT2D eigenvalue weighted by Crippen LogP contribution is 2.40. The lowest BCUT2D eigenvalue weighted by Gasteiger charge is -2.14. The van der Waals surface area contributed by atoms with Crippen LogP contribution in [0.15, 0.2) is 51.7 Å². The minimum Gasteiger partial charge on any atom is -0.493 e. The van der Waals surface area contributed by atoms with E-state index >= 15 is 0 Å². The van der Waals surface area contributed by atoms with Gasteiger partial charge in [-0.1, -0.05) is 6.07 Å². The molecule has 37 heavy (non-hydrogen) atoms. The third-order valence-electron chi connectivity index (χ3n) is 6.14. The maximum Gasteiger partial charge on any atom is 0.343 e. The Morgan fingerprint density at radius 2 is 1.43 bits per heavy atom. The molecule has 0 aliphatic carbocycles. The first-order chi connectivity index (χ1) is 17.8. The Hall–Kier alpha value is -4.66. The second kappa shape index (κ2) is 9.42. The van der Waals surface area contributed by atoms with Crippen LogP contribution < -0.4 is 33.8 Å². The van der Waals surface area contributed by atoms with Crippen molar-refractivity contribution in [2.75, 3.05) is 28.1 Å². The van der Waals surface area contributed by atoms with Crippen molar-refractivity contribution in [1.29, 1.82) is 0 Å². The Balaban J connectivity index is 1.67. The number of esters is 1. The number of methoxy groups -OCH3 is 3. The van der Waals surface area contributed by atoms with Gasteiger partial charge in [-0.25, -0.2) is 4.79 Å². The van der Waals surface area contributed by atoms with Crippen LogP contribution in [0.2, 0.25) is 0 Å². The molecule has 0 fully saturated rings. The van der Waals surface area contributed by atoms with Crippen molar-refractivity contribution in [2.24, 2.45) is 0 Å². The molecule has 1 aliphatic rings. The van der Waals surface area contributed by atoms with Crippen molar-refractivity contribution in [3.8, 4) is 45.6 Å². The highest BCUT2D eigenvalue weighted by Gasteiger charge is 2.22. The summed E-state index contributed by atoms with van der Waals surface area (Å²) in [6.07, 6.45) is 0. The molecule has 0 spiro atoms. The average Bonchev–Trinajstić information content (AvgIpc) is 3.44. The molecule has 0 saturated heterocycles. The zero-order valence-corrected chi connectivity index (χ0v) is 20.9. The lowest BCUT2D eigenvalue weighted by Crippen LogP contribution is -2.10. The van der Waals surface area contributed by atoms with Crippen LogP contribution in [0.4, 0.5) is 0 Å². The lowest BCUT2D eigenvalue weighted by molar-refractivity contribution is 0.0736. The summed E-state index contributed by atoms with van der Waals surface area (Å²) in [7, 11) is 4.39. The fourth-order valence-electron chi connectivity index (χ4n) is 4.43. The SMILES string of the molecule is COc1cc(C(=O)Oc2cc(-c3ccc4c(c3)OCO4)cc(=O)c3c(C)oc(C)c23)cc(OC)c1OC. The number of hydrogen-bond acceptors (Lipinski definition) is 9. The van der Waals surface area contributed by atoms with Gasteiger partial charge in [-0.3, -0.25) is 4.79 Å². The molecule has 1 aliphatic heterocycles. The van der Waals surface area contributed by atoms with Crippen LogP contribution in [-0.4, -0.2) is 34.1 Å². The van der Waals surface area contributed by atoms with Gasteiger partial charge in [-0.2, -0.15) is 0 Å². The van der Waals surface area contributed by atoms with Crippen molar-refractivity contribution in [1.82, 2.24) is 0 Å². The molecule has 0 saturated carbocycles. The Kier molecular flexibility index (Phi) is 6.12. The summed E-state index contributed by atoms with van der Waals surface area (Å²) >= 11 is 0. The van der Waals surface area contributed by atoms with Crippen molar-refractivity contribution >= 4 is 16.7 Å². The summed E-state index contributed by atoms with van der Waals surface area (Å²) in [4.78, 5) is 26.7. The molecule has 0 N–H and O–H groups in total. The first-order valence-electron chi connectivity index (χ1n) is 11.3. The van der Waals surface area contributed by atoms with Gasteiger partial charge in [-0.05, 0) is 61.4 Å². The van der Waals surface area contributed by atoms with Crippen LogP contribution in [0.1, 0.15) is 21.9 Å². The number of carbonyl (C=O) groups is 1. The van der Waals surface area contributed by atoms with Gasteiger partial charge >= 0.3 is 5.97 Å². The summed E-state index contributed by atoms with van der Waals surface area (Å²) in [5, 5.41) is 0.743. The third-order valence-corrected chi connectivity index (χ3v) is 6.14. The second-order valence-corrected chi connectivity index (χ2v) is 8.31. The monoisotopic (exact) mass is 504 g/mol. The van der Waals surface area contributed by atoms with Gasteiger partial charge in [0.2, 0.25) is 12.5 Å². The number of rotatable bonds is 6. The van der Waals surface area contributed by atoms with Gasteiger partial charge in [-0.15, -0.1) is 0 Å². The molecule has 4 aromatic rings. The molecule has 0 bridgehead atoms. The first-order valence-corrected chi connectivity index (χ1v) is 11.3. The van der Waals surface area contributed by atoms with Gasteiger partial charge in [0.1, 0.15) is 17.3 Å². The largest absolute Gasteiger partial charge is 0.493 e. The molecular formula is C28H24O9. The predicted molar refractivity (Wildman–Crippen MR) is 135 cm³/mol. The summed E-state index contributed by atoms with van der Waals surface area (Å²) in [6.45, 7) is 3.54. The van der Waals surface area contributed by atoms with Crippen molar-refractivity contribution in [2.45, 2.75) is 13.8 Å². The molecule has 3 aromatic carbocycles. The van der Waals surface area contributed by atoms with Crippen LogP contribution in [0.3, 0.4) is 0 Å². The van der Waals surface area contributed by atoms with E-state index in [0.717, 1.165) is 0 Å². The third kappa shape index (κ3) is 4.18. The molecule has 9 nitrogen and oxygen atoms in total. The first kappa shape index (κ1) is 24.1. The van der Waals surface area contributed by atoms with Gasteiger partial charge in [0.05, 0.1) is 37.7 Å². The normalized spacial score (nSPS) is 11.9. The number of fused-ring (bicyclic) bond motifs is 2. The van der Waals surface area contributed by atoms with E-state index in [1.807, 2.05) is 6.07 Å². The van der Waals surface area contributed by atoms with Gasteiger partial charge < -0.3 is 32.8 Å². The van der Waals surface area contributed by atoms with Crippen LogP contribution in [0, 0.1) is 13.8 Å². The molecular weight excluding hydrogens is 480 g/mol. The number of benzene rings is 2.